The molecular formula is C29H23NO5S. The third kappa shape index (κ3) is 4.36. The molecule has 0 unspecified atom stereocenters. The van der Waals surface area contributed by atoms with Crippen LogP contribution in [0.5, 0.6) is 5.75 Å². The van der Waals surface area contributed by atoms with Gasteiger partial charge in [-0.15, -0.1) is 11.3 Å². The lowest BCUT2D eigenvalue weighted by molar-refractivity contribution is -0.111. The van der Waals surface area contributed by atoms with E-state index < -0.39 is 5.97 Å². The van der Waals surface area contributed by atoms with Crippen molar-refractivity contribution in [2.75, 3.05) is 19.5 Å². The number of anilines is 1. The number of rotatable bonds is 6. The van der Waals surface area contributed by atoms with Crippen LogP contribution < -0.4 is 10.1 Å². The second-order valence-corrected chi connectivity index (χ2v) is 9.15. The minimum absolute atomic E-state index is 0.342. The van der Waals surface area contributed by atoms with Crippen LogP contribution in [0.2, 0.25) is 0 Å². The van der Waals surface area contributed by atoms with E-state index in [2.05, 4.69) is 35.6 Å². The molecule has 0 spiro atoms. The van der Waals surface area contributed by atoms with Gasteiger partial charge in [0, 0.05) is 28.7 Å². The minimum atomic E-state index is -0.491. The predicted molar refractivity (Wildman–Crippen MR) is 144 cm³/mol. The van der Waals surface area contributed by atoms with Crippen LogP contribution >= 0.6 is 11.3 Å². The number of amides is 1. The van der Waals surface area contributed by atoms with Crippen LogP contribution in [0.4, 0.5) is 5.69 Å². The molecule has 0 radical (unpaired) electrons. The van der Waals surface area contributed by atoms with Gasteiger partial charge in [-0.3, -0.25) is 4.79 Å². The Bertz CT molecular complexity index is 1640. The molecule has 3 aromatic carbocycles. The molecule has 5 aromatic rings. The number of ether oxygens (including phenoxy) is 2. The van der Waals surface area contributed by atoms with Crippen molar-refractivity contribution >= 4 is 56.2 Å². The summed E-state index contributed by atoms with van der Waals surface area (Å²) in [5.41, 5.74) is 4.57. The van der Waals surface area contributed by atoms with E-state index in [4.69, 9.17) is 13.9 Å². The maximum Gasteiger partial charge on any atom is 0.350 e. The Morgan fingerprint density at radius 2 is 1.81 bits per heavy atom. The number of methoxy groups -OCH3 is 2. The first-order valence-electron chi connectivity index (χ1n) is 11.2. The van der Waals surface area contributed by atoms with E-state index in [9.17, 15) is 9.59 Å². The smallest absolute Gasteiger partial charge is 0.350 e. The molecule has 0 aliphatic rings. The molecule has 0 atom stereocenters. The average molecular weight is 498 g/mol. The highest BCUT2D eigenvalue weighted by atomic mass is 32.1. The van der Waals surface area contributed by atoms with Crippen molar-refractivity contribution in [1.82, 2.24) is 0 Å². The fourth-order valence-electron chi connectivity index (χ4n) is 4.21. The predicted octanol–water partition coefficient (Wildman–Crippen LogP) is 7.15. The molecule has 1 N–H and O–H groups in total. The van der Waals surface area contributed by atoms with Crippen molar-refractivity contribution in [3.05, 3.63) is 88.8 Å². The summed E-state index contributed by atoms with van der Waals surface area (Å²) < 4.78 is 16.3. The van der Waals surface area contributed by atoms with Crippen molar-refractivity contribution < 1.29 is 23.5 Å². The Labute approximate surface area is 211 Å². The molecule has 180 valence electrons. The van der Waals surface area contributed by atoms with Crippen molar-refractivity contribution in [3.8, 4) is 16.9 Å². The highest BCUT2D eigenvalue weighted by Gasteiger charge is 2.17. The van der Waals surface area contributed by atoms with Gasteiger partial charge in [-0.2, -0.15) is 0 Å². The zero-order chi connectivity index (χ0) is 25.2. The fraction of sp³-hybridized carbons (Fsp3) is 0.103. The molecule has 0 aliphatic heterocycles. The number of hydrogen-bond acceptors (Lipinski definition) is 6. The molecule has 0 fully saturated rings. The van der Waals surface area contributed by atoms with Gasteiger partial charge >= 0.3 is 5.97 Å². The number of furan rings is 1. The van der Waals surface area contributed by atoms with Gasteiger partial charge in [0.05, 0.1) is 26.2 Å². The van der Waals surface area contributed by atoms with Gasteiger partial charge in [0.2, 0.25) is 5.91 Å². The van der Waals surface area contributed by atoms with Gasteiger partial charge < -0.3 is 19.2 Å². The minimum Gasteiger partial charge on any atom is -0.496 e. The number of fused-ring (bicyclic) bond motifs is 2. The van der Waals surface area contributed by atoms with Crippen molar-refractivity contribution in [2.45, 2.75) is 6.92 Å². The molecule has 1 amide bonds. The van der Waals surface area contributed by atoms with Crippen LogP contribution in [-0.4, -0.2) is 26.1 Å². The van der Waals surface area contributed by atoms with Crippen LogP contribution in [0.3, 0.4) is 0 Å². The lowest BCUT2D eigenvalue weighted by Crippen LogP contribution is -2.11. The lowest BCUT2D eigenvalue weighted by atomic mass is 9.97. The number of carbonyl (C=O) groups excluding carboxylic acids is 2. The first-order valence-corrected chi connectivity index (χ1v) is 12.1. The number of nitrogens with one attached hydrogen (secondary N) is 1. The molecule has 0 saturated carbocycles. The van der Waals surface area contributed by atoms with Crippen LogP contribution in [0.1, 0.15) is 22.2 Å². The molecule has 2 aromatic heterocycles. The Kier molecular flexibility index (Phi) is 6.31. The Morgan fingerprint density at radius 1 is 1.00 bits per heavy atom. The highest BCUT2D eigenvalue weighted by Crippen LogP contribution is 2.38. The van der Waals surface area contributed by atoms with Crippen LogP contribution in [-0.2, 0) is 9.53 Å². The summed E-state index contributed by atoms with van der Waals surface area (Å²) in [6.45, 7) is 1.84. The Hall–Kier alpha value is -4.36. The standard InChI is InChI=1S/C29H23NO5S/c1-17(12-27(31)30-24-10-11-36-28(24)29(32)34-3)21-14-22-23(16-35-26(22)15-25(21)33-2)20-9-8-18-6-4-5-7-19(18)13-20/h4-16H,1-3H3,(H,30,31)/b17-12+. The monoisotopic (exact) mass is 497 g/mol. The molecule has 0 aliphatic carbocycles. The van der Waals surface area contributed by atoms with Gasteiger partial charge in [0.25, 0.3) is 0 Å². The van der Waals surface area contributed by atoms with Gasteiger partial charge in [0.1, 0.15) is 16.2 Å². The summed E-state index contributed by atoms with van der Waals surface area (Å²) in [6, 6.07) is 20.0. The Balaban J connectivity index is 1.51. The third-order valence-corrected chi connectivity index (χ3v) is 6.92. The normalized spacial score (nSPS) is 11.6. The number of esters is 1. The first kappa shape index (κ1) is 23.4. The molecule has 7 heteroatoms. The van der Waals surface area contributed by atoms with E-state index >= 15 is 0 Å². The molecule has 0 saturated heterocycles. The third-order valence-electron chi connectivity index (χ3n) is 6.02. The van der Waals surface area contributed by atoms with Crippen molar-refractivity contribution in [1.29, 1.82) is 0 Å². The number of benzene rings is 3. The number of allylic oxidation sites excluding steroid dienone is 1. The second-order valence-electron chi connectivity index (χ2n) is 8.23. The largest absolute Gasteiger partial charge is 0.496 e. The average Bonchev–Trinajstić information content (AvgIpc) is 3.53. The van der Waals surface area contributed by atoms with E-state index in [1.54, 1.807) is 24.8 Å². The van der Waals surface area contributed by atoms with Gasteiger partial charge in [-0.05, 0) is 52.4 Å². The van der Waals surface area contributed by atoms with Crippen LogP contribution in [0, 0.1) is 0 Å². The van der Waals surface area contributed by atoms with Crippen molar-refractivity contribution in [2.24, 2.45) is 0 Å². The van der Waals surface area contributed by atoms with Crippen LogP contribution in [0.25, 0.3) is 38.4 Å². The van der Waals surface area contributed by atoms with Crippen LogP contribution in [0.15, 0.2) is 82.8 Å². The summed E-state index contributed by atoms with van der Waals surface area (Å²) in [5, 5.41) is 7.72. The molecule has 6 nitrogen and oxygen atoms in total. The number of thiophene rings is 1. The van der Waals surface area contributed by atoms with E-state index in [1.165, 1.54) is 29.9 Å². The number of hydrogen-bond donors (Lipinski definition) is 1. The van der Waals surface area contributed by atoms with E-state index in [-0.39, 0.29) is 5.91 Å². The maximum absolute atomic E-state index is 12.8. The zero-order valence-electron chi connectivity index (χ0n) is 20.0. The van der Waals surface area contributed by atoms with Gasteiger partial charge in [-0.1, -0.05) is 36.4 Å². The summed E-state index contributed by atoms with van der Waals surface area (Å²) in [5.74, 6) is -0.260. The highest BCUT2D eigenvalue weighted by molar-refractivity contribution is 7.12. The van der Waals surface area contributed by atoms with Gasteiger partial charge in [-0.25, -0.2) is 4.79 Å². The van der Waals surface area contributed by atoms with E-state index in [1.807, 2.05) is 31.2 Å². The quantitative estimate of drug-likeness (QED) is 0.199. The lowest BCUT2D eigenvalue weighted by Gasteiger charge is -2.10. The topological polar surface area (TPSA) is 77.8 Å². The summed E-state index contributed by atoms with van der Waals surface area (Å²) in [7, 11) is 2.89. The van der Waals surface area contributed by atoms with E-state index in [0.717, 1.165) is 27.5 Å². The molecule has 0 bridgehead atoms. The second kappa shape index (κ2) is 9.71. The first-order chi connectivity index (χ1) is 17.5. The molecule has 5 rings (SSSR count). The SMILES string of the molecule is COC(=O)c1sccc1NC(=O)/C=C(\C)c1cc2c(-c3ccc4ccccc4c3)coc2cc1OC. The zero-order valence-corrected chi connectivity index (χ0v) is 20.8. The van der Waals surface area contributed by atoms with E-state index in [0.29, 0.717) is 27.5 Å². The number of carbonyl (C=O) groups is 2. The summed E-state index contributed by atoms with van der Waals surface area (Å²) in [6.07, 6.45) is 3.23. The maximum atomic E-state index is 12.8. The Morgan fingerprint density at radius 3 is 2.58 bits per heavy atom. The summed E-state index contributed by atoms with van der Waals surface area (Å²) in [4.78, 5) is 25.1. The summed E-state index contributed by atoms with van der Waals surface area (Å²) >= 11 is 1.21. The molecule has 2 heterocycles. The van der Waals surface area contributed by atoms with Crippen molar-refractivity contribution in [3.63, 3.8) is 0 Å². The van der Waals surface area contributed by atoms with Gasteiger partial charge in [0.15, 0.2) is 0 Å². The molecular weight excluding hydrogens is 474 g/mol. The fourth-order valence-corrected chi connectivity index (χ4v) is 4.98. The molecule has 36 heavy (non-hydrogen) atoms.